The van der Waals surface area contributed by atoms with Crippen LogP contribution in [0.3, 0.4) is 0 Å². The lowest BCUT2D eigenvalue weighted by atomic mass is 9.90. The van der Waals surface area contributed by atoms with Gasteiger partial charge in [0.25, 0.3) is 0 Å². The van der Waals surface area contributed by atoms with Crippen molar-refractivity contribution >= 4 is 29.1 Å². The van der Waals surface area contributed by atoms with Crippen LogP contribution in [0.4, 0.5) is 5.69 Å². The third-order valence-electron chi connectivity index (χ3n) is 3.43. The van der Waals surface area contributed by atoms with Crippen LogP contribution in [0, 0.1) is 0 Å². The van der Waals surface area contributed by atoms with E-state index in [0.29, 0.717) is 5.25 Å². The van der Waals surface area contributed by atoms with Gasteiger partial charge in [-0.1, -0.05) is 18.5 Å². The lowest BCUT2D eigenvalue weighted by Crippen LogP contribution is -2.51. The molecule has 0 spiro atoms. The summed E-state index contributed by atoms with van der Waals surface area (Å²) >= 11 is 7.79. The molecule has 1 aliphatic rings. The summed E-state index contributed by atoms with van der Waals surface area (Å²) in [6.45, 7) is 2.35. The maximum atomic E-state index is 9.73. The highest BCUT2D eigenvalue weighted by atomic mass is 35.5. The van der Waals surface area contributed by atoms with Crippen LogP contribution in [0.25, 0.3) is 0 Å². The maximum absolute atomic E-state index is 9.73. The van der Waals surface area contributed by atoms with E-state index in [9.17, 15) is 5.11 Å². The van der Waals surface area contributed by atoms with Crippen molar-refractivity contribution in [2.45, 2.75) is 30.6 Å². The van der Waals surface area contributed by atoms with Crippen LogP contribution in [0.1, 0.15) is 19.8 Å². The summed E-state index contributed by atoms with van der Waals surface area (Å²) in [7, 11) is 0. The SMILES string of the molecule is CC1SCCCC1(CO)Nc1ccc(Cl)cc1. The van der Waals surface area contributed by atoms with Crippen LogP contribution >= 0.6 is 23.4 Å². The minimum Gasteiger partial charge on any atom is -0.394 e. The molecule has 0 bridgehead atoms. The van der Waals surface area contributed by atoms with Gasteiger partial charge in [-0.2, -0.15) is 11.8 Å². The van der Waals surface area contributed by atoms with Crippen LogP contribution < -0.4 is 5.32 Å². The van der Waals surface area contributed by atoms with E-state index in [1.165, 1.54) is 5.75 Å². The Morgan fingerprint density at radius 2 is 2.18 bits per heavy atom. The van der Waals surface area contributed by atoms with E-state index in [1.807, 2.05) is 36.0 Å². The Labute approximate surface area is 112 Å². The number of aliphatic hydroxyl groups excluding tert-OH is 1. The number of aliphatic hydroxyl groups is 1. The summed E-state index contributed by atoms with van der Waals surface area (Å²) in [4.78, 5) is 0. The Morgan fingerprint density at radius 1 is 1.47 bits per heavy atom. The fourth-order valence-corrected chi connectivity index (χ4v) is 3.60. The summed E-state index contributed by atoms with van der Waals surface area (Å²) in [5, 5.41) is 14.4. The van der Waals surface area contributed by atoms with Gasteiger partial charge < -0.3 is 10.4 Å². The minimum atomic E-state index is -0.198. The second kappa shape index (κ2) is 5.51. The number of halogens is 1. The number of thioether (sulfide) groups is 1. The molecule has 1 fully saturated rings. The molecule has 2 rings (SSSR count). The first-order valence-corrected chi connectivity index (χ1v) is 7.35. The molecule has 1 saturated heterocycles. The third kappa shape index (κ3) is 2.90. The van der Waals surface area contributed by atoms with Crippen molar-refractivity contribution in [1.29, 1.82) is 0 Å². The summed E-state index contributed by atoms with van der Waals surface area (Å²) in [5.41, 5.74) is 0.828. The normalized spacial score (nSPS) is 29.0. The highest BCUT2D eigenvalue weighted by Crippen LogP contribution is 2.36. The number of hydrogen-bond acceptors (Lipinski definition) is 3. The Bertz CT molecular complexity index is 370. The van der Waals surface area contributed by atoms with Gasteiger partial charge in [-0.05, 0) is 42.9 Å². The fraction of sp³-hybridized carbons (Fsp3) is 0.538. The standard InChI is InChI=1S/C13H18ClNOS/c1-10-13(9-16,7-2-8-17-10)15-12-5-3-11(14)4-6-12/h3-6,10,15-16H,2,7-9H2,1H3. The molecule has 0 radical (unpaired) electrons. The lowest BCUT2D eigenvalue weighted by Gasteiger charge is -2.42. The average molecular weight is 272 g/mol. The molecule has 0 aliphatic carbocycles. The van der Waals surface area contributed by atoms with Crippen molar-refractivity contribution in [3.8, 4) is 0 Å². The van der Waals surface area contributed by atoms with Gasteiger partial charge in [0.1, 0.15) is 0 Å². The summed E-state index contributed by atoms with van der Waals surface area (Å²) in [6.07, 6.45) is 2.16. The Hall–Kier alpha value is -0.380. The van der Waals surface area contributed by atoms with Gasteiger partial charge in [-0.15, -0.1) is 0 Å². The monoisotopic (exact) mass is 271 g/mol. The van der Waals surface area contributed by atoms with E-state index in [1.54, 1.807) is 0 Å². The van der Waals surface area contributed by atoms with E-state index in [0.717, 1.165) is 23.6 Å². The van der Waals surface area contributed by atoms with Crippen LogP contribution in [-0.4, -0.2) is 28.3 Å². The average Bonchev–Trinajstić information content (AvgIpc) is 2.35. The van der Waals surface area contributed by atoms with Gasteiger partial charge in [0.05, 0.1) is 12.1 Å². The van der Waals surface area contributed by atoms with Gasteiger partial charge in [0.2, 0.25) is 0 Å². The van der Waals surface area contributed by atoms with Crippen molar-refractivity contribution in [2.75, 3.05) is 17.7 Å². The molecule has 94 valence electrons. The number of hydrogen-bond donors (Lipinski definition) is 2. The van der Waals surface area contributed by atoms with Crippen LogP contribution in [0.5, 0.6) is 0 Å². The molecule has 2 unspecified atom stereocenters. The number of anilines is 1. The minimum absolute atomic E-state index is 0.170. The summed E-state index contributed by atoms with van der Waals surface area (Å²) < 4.78 is 0. The number of nitrogens with one attached hydrogen (secondary N) is 1. The zero-order valence-electron chi connectivity index (χ0n) is 9.95. The van der Waals surface area contributed by atoms with Gasteiger partial charge in [0.15, 0.2) is 0 Å². The van der Waals surface area contributed by atoms with Crippen LogP contribution in [0.15, 0.2) is 24.3 Å². The number of rotatable bonds is 3. The maximum Gasteiger partial charge on any atom is 0.0719 e. The second-order valence-electron chi connectivity index (χ2n) is 4.56. The molecule has 4 heteroatoms. The van der Waals surface area contributed by atoms with E-state index < -0.39 is 0 Å². The predicted octanol–water partition coefficient (Wildman–Crippen LogP) is 3.40. The molecule has 1 heterocycles. The second-order valence-corrected chi connectivity index (χ2v) is 6.45. The van der Waals surface area contributed by atoms with E-state index in [2.05, 4.69) is 12.2 Å². The Balaban J connectivity index is 2.15. The molecular weight excluding hydrogens is 254 g/mol. The quantitative estimate of drug-likeness (QED) is 0.884. The van der Waals surface area contributed by atoms with E-state index >= 15 is 0 Å². The molecule has 2 nitrogen and oxygen atoms in total. The first-order valence-electron chi connectivity index (χ1n) is 5.92. The molecule has 0 aromatic heterocycles. The van der Waals surface area contributed by atoms with Crippen LogP contribution in [0.2, 0.25) is 5.02 Å². The van der Waals surface area contributed by atoms with Crippen LogP contribution in [-0.2, 0) is 0 Å². The van der Waals surface area contributed by atoms with Crippen molar-refractivity contribution in [3.05, 3.63) is 29.3 Å². The molecule has 1 aliphatic heterocycles. The Morgan fingerprint density at radius 3 is 2.76 bits per heavy atom. The molecular formula is C13H18ClNOS. The Kier molecular flexibility index (Phi) is 4.23. The van der Waals surface area contributed by atoms with Gasteiger partial charge in [0, 0.05) is 16.0 Å². The zero-order chi connectivity index (χ0) is 12.3. The zero-order valence-corrected chi connectivity index (χ0v) is 11.5. The predicted molar refractivity (Wildman–Crippen MR) is 76.0 cm³/mol. The van der Waals surface area contributed by atoms with E-state index in [4.69, 9.17) is 11.6 Å². The van der Waals surface area contributed by atoms with Gasteiger partial charge in [-0.3, -0.25) is 0 Å². The van der Waals surface area contributed by atoms with Crippen molar-refractivity contribution in [3.63, 3.8) is 0 Å². The van der Waals surface area contributed by atoms with Crippen molar-refractivity contribution in [2.24, 2.45) is 0 Å². The first-order chi connectivity index (χ1) is 8.16. The molecule has 1 aromatic rings. The molecule has 0 saturated carbocycles. The molecule has 17 heavy (non-hydrogen) atoms. The molecule has 1 aromatic carbocycles. The molecule has 0 amide bonds. The highest BCUT2D eigenvalue weighted by molar-refractivity contribution is 8.00. The van der Waals surface area contributed by atoms with E-state index in [-0.39, 0.29) is 12.1 Å². The van der Waals surface area contributed by atoms with Gasteiger partial charge in [-0.25, -0.2) is 0 Å². The number of benzene rings is 1. The van der Waals surface area contributed by atoms with Gasteiger partial charge >= 0.3 is 0 Å². The fourth-order valence-electron chi connectivity index (χ4n) is 2.24. The van der Waals surface area contributed by atoms with Crippen molar-refractivity contribution < 1.29 is 5.11 Å². The first kappa shape index (κ1) is 13.1. The summed E-state index contributed by atoms with van der Waals surface area (Å²) in [6, 6.07) is 7.67. The third-order valence-corrected chi connectivity index (χ3v) is 5.16. The molecule has 2 atom stereocenters. The largest absolute Gasteiger partial charge is 0.394 e. The van der Waals surface area contributed by atoms with Crippen molar-refractivity contribution in [1.82, 2.24) is 0 Å². The highest BCUT2D eigenvalue weighted by Gasteiger charge is 2.38. The topological polar surface area (TPSA) is 32.3 Å². The lowest BCUT2D eigenvalue weighted by molar-refractivity contribution is 0.198. The smallest absolute Gasteiger partial charge is 0.0719 e. The summed E-state index contributed by atoms with van der Waals surface area (Å²) in [5.74, 6) is 1.19. The molecule has 2 N–H and O–H groups in total.